The Balaban J connectivity index is 2.68. The van der Waals surface area contributed by atoms with Gasteiger partial charge in [0.15, 0.2) is 0 Å². The summed E-state index contributed by atoms with van der Waals surface area (Å²) in [6.45, 7) is 2.86. The Morgan fingerprint density at radius 1 is 1.27 bits per heavy atom. The van der Waals surface area contributed by atoms with Crippen LogP contribution in [0.25, 0.3) is 0 Å². The van der Waals surface area contributed by atoms with Crippen LogP contribution in [0.5, 0.6) is 0 Å². The first kappa shape index (κ1) is 12.2. The maximum absolute atomic E-state index is 5.49. The number of hydrogen-bond donors (Lipinski definition) is 1. The van der Waals surface area contributed by atoms with Crippen molar-refractivity contribution >= 4 is 0 Å². The third kappa shape index (κ3) is 3.65. The maximum Gasteiger partial charge on any atom is 0.0795 e. The van der Waals surface area contributed by atoms with Crippen LogP contribution in [-0.2, 0) is 11.2 Å². The highest BCUT2D eigenvalue weighted by atomic mass is 16.5. The van der Waals surface area contributed by atoms with Gasteiger partial charge in [0.2, 0.25) is 0 Å². The molecule has 2 N–H and O–H groups in total. The maximum atomic E-state index is 5.49. The van der Waals surface area contributed by atoms with Crippen LogP contribution in [0.3, 0.4) is 0 Å². The predicted octanol–water partition coefficient (Wildman–Crippen LogP) is 2.68. The Kier molecular flexibility index (Phi) is 5.37. The van der Waals surface area contributed by atoms with Gasteiger partial charge in [-0.25, -0.2) is 0 Å². The molecule has 84 valence electrons. The van der Waals surface area contributed by atoms with Crippen molar-refractivity contribution in [2.45, 2.75) is 32.3 Å². The molecule has 1 rings (SSSR count). The Morgan fingerprint density at radius 3 is 2.67 bits per heavy atom. The highest BCUT2D eigenvalue weighted by Crippen LogP contribution is 2.21. The number of ether oxygens (including phenoxy) is 1. The van der Waals surface area contributed by atoms with Crippen LogP contribution in [0.2, 0.25) is 0 Å². The van der Waals surface area contributed by atoms with Crippen LogP contribution in [-0.4, -0.2) is 13.7 Å². The van der Waals surface area contributed by atoms with Crippen LogP contribution in [0.4, 0.5) is 0 Å². The van der Waals surface area contributed by atoms with E-state index in [1.807, 2.05) is 0 Å². The van der Waals surface area contributed by atoms with Crippen molar-refractivity contribution in [3.8, 4) is 0 Å². The lowest BCUT2D eigenvalue weighted by Gasteiger charge is -2.14. The lowest BCUT2D eigenvalue weighted by atomic mass is 9.98. The Labute approximate surface area is 92.4 Å². The fourth-order valence-corrected chi connectivity index (χ4v) is 1.75. The standard InChI is InChI=1S/C13H21NO/c1-11(15-2)13-9-4-3-7-12(13)8-5-6-10-14/h3-4,7,9,11H,5-6,8,10,14H2,1-2H3. The molecule has 0 amide bonds. The second-order valence-electron chi connectivity index (χ2n) is 3.82. The molecule has 0 fully saturated rings. The Hall–Kier alpha value is -0.860. The monoisotopic (exact) mass is 207 g/mol. The molecule has 1 unspecified atom stereocenters. The van der Waals surface area contributed by atoms with Crippen molar-refractivity contribution in [1.29, 1.82) is 0 Å². The summed E-state index contributed by atoms with van der Waals surface area (Å²) >= 11 is 0. The van der Waals surface area contributed by atoms with E-state index in [1.165, 1.54) is 11.1 Å². The zero-order valence-corrected chi connectivity index (χ0v) is 9.70. The van der Waals surface area contributed by atoms with E-state index in [-0.39, 0.29) is 6.10 Å². The minimum Gasteiger partial charge on any atom is -0.377 e. The molecule has 1 aromatic carbocycles. The molecule has 0 aliphatic rings. The fourth-order valence-electron chi connectivity index (χ4n) is 1.75. The summed E-state index contributed by atoms with van der Waals surface area (Å²) in [5.41, 5.74) is 8.18. The number of unbranched alkanes of at least 4 members (excludes halogenated alkanes) is 1. The van der Waals surface area contributed by atoms with Gasteiger partial charge in [0, 0.05) is 7.11 Å². The van der Waals surface area contributed by atoms with Gasteiger partial charge in [-0.15, -0.1) is 0 Å². The van der Waals surface area contributed by atoms with Gasteiger partial charge in [-0.2, -0.15) is 0 Å². The first-order chi connectivity index (χ1) is 7.29. The number of rotatable bonds is 6. The van der Waals surface area contributed by atoms with Crippen LogP contribution in [0.1, 0.15) is 37.0 Å². The smallest absolute Gasteiger partial charge is 0.0795 e. The highest BCUT2D eigenvalue weighted by molar-refractivity contribution is 5.29. The molecular formula is C13H21NO. The largest absolute Gasteiger partial charge is 0.377 e. The van der Waals surface area contributed by atoms with Gasteiger partial charge >= 0.3 is 0 Å². The van der Waals surface area contributed by atoms with E-state index in [2.05, 4.69) is 31.2 Å². The SMILES string of the molecule is COC(C)c1ccccc1CCCCN. The number of aryl methyl sites for hydroxylation is 1. The zero-order valence-electron chi connectivity index (χ0n) is 9.70. The lowest BCUT2D eigenvalue weighted by molar-refractivity contribution is 0.119. The van der Waals surface area contributed by atoms with Crippen molar-refractivity contribution in [2.24, 2.45) is 5.73 Å². The van der Waals surface area contributed by atoms with Crippen LogP contribution in [0.15, 0.2) is 24.3 Å². The van der Waals surface area contributed by atoms with Gasteiger partial charge in [0.1, 0.15) is 0 Å². The molecule has 0 spiro atoms. The molecule has 0 heterocycles. The van der Waals surface area contributed by atoms with Crippen LogP contribution >= 0.6 is 0 Å². The summed E-state index contributed by atoms with van der Waals surface area (Å²) in [7, 11) is 1.75. The Morgan fingerprint density at radius 2 is 2.00 bits per heavy atom. The number of hydrogen-bond acceptors (Lipinski definition) is 2. The second kappa shape index (κ2) is 6.59. The minimum atomic E-state index is 0.180. The molecule has 0 saturated carbocycles. The number of benzene rings is 1. The summed E-state index contributed by atoms with van der Waals surface area (Å²) in [4.78, 5) is 0. The quantitative estimate of drug-likeness (QED) is 0.728. The van der Waals surface area contributed by atoms with Crippen LogP contribution in [0, 0.1) is 0 Å². The average Bonchev–Trinajstić information content (AvgIpc) is 2.29. The molecule has 1 atom stereocenters. The molecule has 0 aliphatic carbocycles. The molecule has 0 radical (unpaired) electrons. The first-order valence-corrected chi connectivity index (χ1v) is 5.60. The van der Waals surface area contributed by atoms with E-state index in [0.29, 0.717) is 0 Å². The molecule has 2 nitrogen and oxygen atoms in total. The van der Waals surface area contributed by atoms with E-state index < -0.39 is 0 Å². The van der Waals surface area contributed by atoms with E-state index in [4.69, 9.17) is 10.5 Å². The molecule has 2 heteroatoms. The topological polar surface area (TPSA) is 35.2 Å². The lowest BCUT2D eigenvalue weighted by Crippen LogP contribution is -2.03. The van der Waals surface area contributed by atoms with Gasteiger partial charge in [-0.1, -0.05) is 24.3 Å². The summed E-state index contributed by atoms with van der Waals surface area (Å²) in [6.07, 6.45) is 3.53. The van der Waals surface area contributed by atoms with Crippen molar-refractivity contribution in [3.05, 3.63) is 35.4 Å². The van der Waals surface area contributed by atoms with Crippen molar-refractivity contribution in [3.63, 3.8) is 0 Å². The third-order valence-corrected chi connectivity index (χ3v) is 2.75. The predicted molar refractivity (Wildman–Crippen MR) is 63.9 cm³/mol. The summed E-state index contributed by atoms with van der Waals surface area (Å²) in [5.74, 6) is 0. The molecular weight excluding hydrogens is 186 g/mol. The first-order valence-electron chi connectivity index (χ1n) is 5.60. The zero-order chi connectivity index (χ0) is 11.1. The van der Waals surface area contributed by atoms with Gasteiger partial charge in [0.25, 0.3) is 0 Å². The second-order valence-corrected chi connectivity index (χ2v) is 3.82. The van der Waals surface area contributed by atoms with Gasteiger partial charge in [0.05, 0.1) is 6.10 Å². The van der Waals surface area contributed by atoms with E-state index >= 15 is 0 Å². The Bertz CT molecular complexity index is 286. The van der Waals surface area contributed by atoms with Gasteiger partial charge in [-0.3, -0.25) is 0 Å². The van der Waals surface area contributed by atoms with E-state index in [0.717, 1.165) is 25.8 Å². The average molecular weight is 207 g/mol. The van der Waals surface area contributed by atoms with Crippen molar-refractivity contribution in [2.75, 3.05) is 13.7 Å². The third-order valence-electron chi connectivity index (χ3n) is 2.75. The van der Waals surface area contributed by atoms with E-state index in [1.54, 1.807) is 7.11 Å². The molecule has 1 aromatic rings. The molecule has 0 bridgehead atoms. The molecule has 0 saturated heterocycles. The molecule has 15 heavy (non-hydrogen) atoms. The summed E-state index contributed by atoms with van der Waals surface area (Å²) < 4.78 is 5.36. The van der Waals surface area contributed by atoms with Crippen molar-refractivity contribution in [1.82, 2.24) is 0 Å². The van der Waals surface area contributed by atoms with Crippen molar-refractivity contribution < 1.29 is 4.74 Å². The fraction of sp³-hybridized carbons (Fsp3) is 0.538. The van der Waals surface area contributed by atoms with Crippen LogP contribution < -0.4 is 5.73 Å². The van der Waals surface area contributed by atoms with Gasteiger partial charge in [-0.05, 0) is 43.9 Å². The summed E-state index contributed by atoms with van der Waals surface area (Å²) in [5, 5.41) is 0. The molecule has 0 aliphatic heterocycles. The number of nitrogens with two attached hydrogens (primary N) is 1. The number of methoxy groups -OCH3 is 1. The summed E-state index contributed by atoms with van der Waals surface area (Å²) in [6, 6.07) is 8.48. The van der Waals surface area contributed by atoms with Gasteiger partial charge < -0.3 is 10.5 Å². The minimum absolute atomic E-state index is 0.180. The normalized spacial score (nSPS) is 12.7. The molecule has 0 aromatic heterocycles. The van der Waals surface area contributed by atoms with E-state index in [9.17, 15) is 0 Å². The highest BCUT2D eigenvalue weighted by Gasteiger charge is 2.08.